The van der Waals surface area contributed by atoms with Gasteiger partial charge in [-0.15, -0.1) is 0 Å². The van der Waals surface area contributed by atoms with E-state index in [0.29, 0.717) is 17.2 Å². The molecule has 2 rings (SSSR count). The number of hydrogen-bond acceptors (Lipinski definition) is 3. The van der Waals surface area contributed by atoms with Crippen LogP contribution >= 0.6 is 11.6 Å². The van der Waals surface area contributed by atoms with Crippen LogP contribution in [0.4, 0.5) is 4.39 Å². The molecule has 1 atom stereocenters. The molecule has 1 aromatic carbocycles. The van der Waals surface area contributed by atoms with Gasteiger partial charge < -0.3 is 10.5 Å². The fourth-order valence-corrected chi connectivity index (χ4v) is 2.13. The van der Waals surface area contributed by atoms with E-state index in [0.717, 1.165) is 17.5 Å². The first-order chi connectivity index (χ1) is 10.1. The van der Waals surface area contributed by atoms with Gasteiger partial charge in [0.05, 0.1) is 5.02 Å². The van der Waals surface area contributed by atoms with Crippen LogP contribution < -0.4 is 10.5 Å². The topological polar surface area (TPSA) is 48.1 Å². The molecule has 0 amide bonds. The summed E-state index contributed by atoms with van der Waals surface area (Å²) in [6, 6.07) is 6.45. The Labute approximate surface area is 128 Å². The summed E-state index contributed by atoms with van der Waals surface area (Å²) in [5.74, 6) is 0.146. The number of halogens is 2. The molecular formula is C16H18ClFN2O. The van der Waals surface area contributed by atoms with Gasteiger partial charge in [-0.05, 0) is 36.6 Å². The lowest BCUT2D eigenvalue weighted by atomic mass is 10.0. The second-order valence-electron chi connectivity index (χ2n) is 4.92. The van der Waals surface area contributed by atoms with Crippen LogP contribution in [0, 0.1) is 5.82 Å². The van der Waals surface area contributed by atoms with Crippen LogP contribution in [0.25, 0.3) is 0 Å². The molecule has 0 fully saturated rings. The zero-order valence-electron chi connectivity index (χ0n) is 11.9. The molecule has 0 aliphatic heterocycles. The van der Waals surface area contributed by atoms with Gasteiger partial charge in [-0.25, -0.2) is 4.39 Å². The molecule has 112 valence electrons. The molecule has 0 saturated heterocycles. The summed E-state index contributed by atoms with van der Waals surface area (Å²) in [6.45, 7) is 2.27. The molecule has 0 aliphatic rings. The van der Waals surface area contributed by atoms with Crippen molar-refractivity contribution >= 4 is 11.6 Å². The van der Waals surface area contributed by atoms with Gasteiger partial charge in [0.25, 0.3) is 0 Å². The quantitative estimate of drug-likeness (QED) is 0.884. The molecule has 0 bridgehead atoms. The molecule has 5 heteroatoms. The summed E-state index contributed by atoms with van der Waals surface area (Å²) in [6.07, 6.45) is 4.67. The van der Waals surface area contributed by atoms with E-state index in [9.17, 15) is 4.39 Å². The van der Waals surface area contributed by atoms with E-state index in [1.807, 2.05) is 13.0 Å². The summed E-state index contributed by atoms with van der Waals surface area (Å²) in [4.78, 5) is 3.91. The number of pyridine rings is 1. The van der Waals surface area contributed by atoms with Crippen LogP contribution in [-0.4, -0.2) is 11.0 Å². The minimum Gasteiger partial charge on any atom is -0.489 e. The highest BCUT2D eigenvalue weighted by molar-refractivity contribution is 6.31. The molecule has 0 saturated carbocycles. The molecule has 0 spiro atoms. The third-order valence-corrected chi connectivity index (χ3v) is 3.54. The molecule has 1 heterocycles. The third kappa shape index (κ3) is 4.69. The third-order valence-electron chi connectivity index (χ3n) is 3.20. The first-order valence-corrected chi connectivity index (χ1v) is 7.22. The standard InChI is InChI=1S/C16H18ClFN2O/c1-2-14(19)6-11-5-13(18)8-15(7-11)21-10-12-3-4-20-9-16(12)17/h3-5,7-9,14H,2,6,10,19H2,1H3. The van der Waals surface area contributed by atoms with Gasteiger partial charge in [-0.3, -0.25) is 4.98 Å². The molecule has 0 aliphatic carbocycles. The van der Waals surface area contributed by atoms with E-state index >= 15 is 0 Å². The van der Waals surface area contributed by atoms with Crippen LogP contribution in [0.3, 0.4) is 0 Å². The molecule has 21 heavy (non-hydrogen) atoms. The Kier molecular flexibility index (Phi) is 5.53. The summed E-state index contributed by atoms with van der Waals surface area (Å²) in [5.41, 5.74) is 7.54. The van der Waals surface area contributed by atoms with Crippen molar-refractivity contribution in [1.82, 2.24) is 4.98 Å². The maximum Gasteiger partial charge on any atom is 0.127 e. The molecular weight excluding hydrogens is 291 g/mol. The van der Waals surface area contributed by atoms with Gasteiger partial charge in [-0.2, -0.15) is 0 Å². The van der Waals surface area contributed by atoms with Crippen molar-refractivity contribution in [2.24, 2.45) is 5.73 Å². The van der Waals surface area contributed by atoms with E-state index in [1.54, 1.807) is 18.5 Å². The highest BCUT2D eigenvalue weighted by Crippen LogP contribution is 2.21. The van der Waals surface area contributed by atoms with E-state index < -0.39 is 0 Å². The predicted octanol–water partition coefficient (Wildman–Crippen LogP) is 3.73. The average molecular weight is 309 g/mol. The number of nitrogens with zero attached hydrogens (tertiary/aromatic N) is 1. The van der Waals surface area contributed by atoms with Crippen molar-refractivity contribution in [2.45, 2.75) is 32.4 Å². The van der Waals surface area contributed by atoms with E-state index in [-0.39, 0.29) is 18.5 Å². The van der Waals surface area contributed by atoms with Crippen molar-refractivity contribution in [3.63, 3.8) is 0 Å². The van der Waals surface area contributed by atoms with Gasteiger partial charge in [0.1, 0.15) is 18.2 Å². The Morgan fingerprint density at radius 1 is 1.38 bits per heavy atom. The SMILES string of the molecule is CCC(N)Cc1cc(F)cc(OCc2ccncc2Cl)c1. The monoisotopic (exact) mass is 308 g/mol. The number of benzene rings is 1. The second-order valence-corrected chi connectivity index (χ2v) is 5.33. The summed E-state index contributed by atoms with van der Waals surface area (Å²) in [5, 5.41) is 0.530. The summed E-state index contributed by atoms with van der Waals surface area (Å²) >= 11 is 6.01. The van der Waals surface area contributed by atoms with Crippen molar-refractivity contribution < 1.29 is 9.13 Å². The van der Waals surface area contributed by atoms with Crippen LogP contribution in [0.2, 0.25) is 5.02 Å². The summed E-state index contributed by atoms with van der Waals surface area (Å²) in [7, 11) is 0. The van der Waals surface area contributed by atoms with Crippen molar-refractivity contribution in [3.05, 3.63) is 58.6 Å². The number of rotatable bonds is 6. The van der Waals surface area contributed by atoms with Gasteiger partial charge in [-0.1, -0.05) is 18.5 Å². The lowest BCUT2D eigenvalue weighted by Crippen LogP contribution is -2.21. The average Bonchev–Trinajstić information content (AvgIpc) is 2.45. The predicted molar refractivity (Wildman–Crippen MR) is 81.9 cm³/mol. The Balaban J connectivity index is 2.08. The second kappa shape index (κ2) is 7.38. The van der Waals surface area contributed by atoms with Crippen LogP contribution in [0.1, 0.15) is 24.5 Å². The molecule has 2 N–H and O–H groups in total. The maximum absolute atomic E-state index is 13.6. The Morgan fingerprint density at radius 3 is 2.90 bits per heavy atom. The van der Waals surface area contributed by atoms with Crippen molar-refractivity contribution in [1.29, 1.82) is 0 Å². The minimum absolute atomic E-state index is 0.0225. The zero-order chi connectivity index (χ0) is 15.2. The van der Waals surface area contributed by atoms with Crippen molar-refractivity contribution in [2.75, 3.05) is 0 Å². The number of nitrogens with two attached hydrogens (primary N) is 1. The van der Waals surface area contributed by atoms with Gasteiger partial charge >= 0.3 is 0 Å². The first-order valence-electron chi connectivity index (χ1n) is 6.84. The molecule has 2 aromatic rings. The molecule has 3 nitrogen and oxygen atoms in total. The van der Waals surface area contributed by atoms with Gasteiger partial charge in [0.15, 0.2) is 0 Å². The van der Waals surface area contributed by atoms with E-state index in [2.05, 4.69) is 4.98 Å². The maximum atomic E-state index is 13.6. The fraction of sp³-hybridized carbons (Fsp3) is 0.312. The first kappa shape index (κ1) is 15.7. The zero-order valence-corrected chi connectivity index (χ0v) is 12.6. The Bertz CT molecular complexity index is 607. The normalized spacial score (nSPS) is 12.2. The molecule has 1 unspecified atom stereocenters. The fourth-order valence-electron chi connectivity index (χ4n) is 1.95. The van der Waals surface area contributed by atoms with E-state index in [1.165, 1.54) is 12.1 Å². The highest BCUT2D eigenvalue weighted by Gasteiger charge is 2.07. The minimum atomic E-state index is -0.327. The number of aromatic nitrogens is 1. The number of hydrogen-bond donors (Lipinski definition) is 1. The van der Waals surface area contributed by atoms with Crippen LogP contribution in [0.15, 0.2) is 36.7 Å². The van der Waals surface area contributed by atoms with Crippen LogP contribution in [0.5, 0.6) is 5.75 Å². The van der Waals surface area contributed by atoms with Gasteiger partial charge in [0, 0.05) is 30.1 Å². The highest BCUT2D eigenvalue weighted by atomic mass is 35.5. The molecule has 0 radical (unpaired) electrons. The smallest absolute Gasteiger partial charge is 0.127 e. The largest absolute Gasteiger partial charge is 0.489 e. The Morgan fingerprint density at radius 2 is 2.19 bits per heavy atom. The number of ether oxygens (including phenoxy) is 1. The van der Waals surface area contributed by atoms with Crippen molar-refractivity contribution in [3.8, 4) is 5.75 Å². The van der Waals surface area contributed by atoms with Crippen LogP contribution in [-0.2, 0) is 13.0 Å². The Hall–Kier alpha value is -1.65. The summed E-state index contributed by atoms with van der Waals surface area (Å²) < 4.78 is 19.2. The lowest BCUT2D eigenvalue weighted by Gasteiger charge is -2.12. The molecule has 1 aromatic heterocycles. The lowest BCUT2D eigenvalue weighted by molar-refractivity contribution is 0.304. The van der Waals surface area contributed by atoms with Gasteiger partial charge in [0.2, 0.25) is 0 Å². The van der Waals surface area contributed by atoms with E-state index in [4.69, 9.17) is 22.1 Å².